The molecule has 0 atom stereocenters. The summed E-state index contributed by atoms with van der Waals surface area (Å²) < 4.78 is 33.3. The summed E-state index contributed by atoms with van der Waals surface area (Å²) in [6.45, 7) is 1.25. The molecule has 2 rings (SSSR count). The first kappa shape index (κ1) is 18.1. The Morgan fingerprint density at radius 3 is 2.50 bits per heavy atom. The standard InChI is InChI=1S/C18H15ClF2O3/c1-10(22)6-16(23)13-8-12(17(24-2)9-15(13)20)7-11-4-3-5-14(19)18(11)21/h3-5,8-9H,6-7H2,1-2H3. The molecule has 0 aliphatic carbocycles. The van der Waals surface area contributed by atoms with Gasteiger partial charge in [0.2, 0.25) is 0 Å². The van der Waals surface area contributed by atoms with Crippen molar-refractivity contribution < 1.29 is 23.1 Å². The highest BCUT2D eigenvalue weighted by Gasteiger charge is 2.19. The fourth-order valence-electron chi connectivity index (χ4n) is 2.35. The van der Waals surface area contributed by atoms with E-state index in [0.29, 0.717) is 5.56 Å². The second kappa shape index (κ2) is 7.53. The first-order valence-corrected chi connectivity index (χ1v) is 7.53. The summed E-state index contributed by atoms with van der Waals surface area (Å²) in [5, 5.41) is -0.0264. The largest absolute Gasteiger partial charge is 0.496 e. The molecule has 0 saturated heterocycles. The molecule has 3 nitrogen and oxygen atoms in total. The van der Waals surface area contributed by atoms with Gasteiger partial charge in [-0.25, -0.2) is 8.78 Å². The third-order valence-corrected chi connectivity index (χ3v) is 3.78. The predicted molar refractivity (Wildman–Crippen MR) is 86.8 cm³/mol. The van der Waals surface area contributed by atoms with Gasteiger partial charge in [0.15, 0.2) is 5.78 Å². The molecular formula is C18H15ClF2O3. The normalized spacial score (nSPS) is 10.5. The van der Waals surface area contributed by atoms with Gasteiger partial charge in [-0.05, 0) is 30.2 Å². The molecule has 0 radical (unpaired) electrons. The van der Waals surface area contributed by atoms with Crippen molar-refractivity contribution in [1.82, 2.24) is 0 Å². The van der Waals surface area contributed by atoms with Gasteiger partial charge in [-0.2, -0.15) is 0 Å². The highest BCUT2D eigenvalue weighted by molar-refractivity contribution is 6.30. The average Bonchev–Trinajstić information content (AvgIpc) is 2.52. The van der Waals surface area contributed by atoms with Crippen LogP contribution >= 0.6 is 11.6 Å². The van der Waals surface area contributed by atoms with Crippen LogP contribution in [0.2, 0.25) is 5.02 Å². The van der Waals surface area contributed by atoms with E-state index in [1.807, 2.05) is 0 Å². The monoisotopic (exact) mass is 352 g/mol. The van der Waals surface area contributed by atoms with Crippen LogP contribution in [0, 0.1) is 11.6 Å². The van der Waals surface area contributed by atoms with E-state index in [-0.39, 0.29) is 34.1 Å². The highest BCUT2D eigenvalue weighted by atomic mass is 35.5. The molecule has 0 aliphatic rings. The second-order valence-electron chi connectivity index (χ2n) is 5.34. The zero-order chi connectivity index (χ0) is 17.9. The van der Waals surface area contributed by atoms with Crippen LogP contribution in [-0.4, -0.2) is 18.7 Å². The van der Waals surface area contributed by atoms with E-state index in [9.17, 15) is 18.4 Å². The minimum atomic E-state index is -0.784. The van der Waals surface area contributed by atoms with E-state index in [4.69, 9.17) is 16.3 Å². The third kappa shape index (κ3) is 3.97. The third-order valence-electron chi connectivity index (χ3n) is 3.49. The summed E-state index contributed by atoms with van der Waals surface area (Å²) in [6, 6.07) is 6.91. The SMILES string of the molecule is COc1cc(F)c(C(=O)CC(C)=O)cc1Cc1cccc(Cl)c1F. The summed E-state index contributed by atoms with van der Waals surface area (Å²) >= 11 is 5.76. The van der Waals surface area contributed by atoms with Gasteiger partial charge in [-0.3, -0.25) is 9.59 Å². The van der Waals surface area contributed by atoms with Crippen molar-refractivity contribution in [2.45, 2.75) is 19.8 Å². The Hall–Kier alpha value is -2.27. The lowest BCUT2D eigenvalue weighted by atomic mass is 9.98. The topological polar surface area (TPSA) is 43.4 Å². The fraction of sp³-hybridized carbons (Fsp3) is 0.222. The summed E-state index contributed by atoms with van der Waals surface area (Å²) in [7, 11) is 1.35. The number of benzene rings is 2. The van der Waals surface area contributed by atoms with Crippen LogP contribution in [0.25, 0.3) is 0 Å². The number of hydrogen-bond donors (Lipinski definition) is 0. The molecule has 0 bridgehead atoms. The van der Waals surface area contributed by atoms with Crippen LogP contribution in [0.5, 0.6) is 5.75 Å². The molecule has 0 N–H and O–H groups in total. The van der Waals surface area contributed by atoms with Crippen molar-refractivity contribution in [3.05, 3.63) is 63.7 Å². The van der Waals surface area contributed by atoms with Crippen LogP contribution in [0.15, 0.2) is 30.3 Å². The van der Waals surface area contributed by atoms with Crippen molar-refractivity contribution in [3.63, 3.8) is 0 Å². The molecule has 0 spiro atoms. The summed E-state index contributed by atoms with van der Waals surface area (Å²) in [5.74, 6) is -2.17. The average molecular weight is 353 g/mol. The maximum Gasteiger partial charge on any atom is 0.173 e. The number of ether oxygens (including phenoxy) is 1. The predicted octanol–water partition coefficient (Wildman–Crippen LogP) is 4.38. The Morgan fingerprint density at radius 2 is 1.88 bits per heavy atom. The van der Waals surface area contributed by atoms with Crippen molar-refractivity contribution in [3.8, 4) is 5.75 Å². The molecule has 126 valence electrons. The van der Waals surface area contributed by atoms with Gasteiger partial charge in [-0.15, -0.1) is 0 Å². The molecule has 0 aromatic heterocycles. The van der Waals surface area contributed by atoms with E-state index < -0.39 is 23.8 Å². The van der Waals surface area contributed by atoms with Crippen LogP contribution in [-0.2, 0) is 11.2 Å². The van der Waals surface area contributed by atoms with Gasteiger partial charge in [0.05, 0.1) is 24.1 Å². The Bertz CT molecular complexity index is 803. The van der Waals surface area contributed by atoms with E-state index >= 15 is 0 Å². The first-order chi connectivity index (χ1) is 11.3. The number of halogens is 3. The van der Waals surface area contributed by atoms with Gasteiger partial charge < -0.3 is 4.74 Å². The van der Waals surface area contributed by atoms with E-state index in [1.54, 1.807) is 12.1 Å². The van der Waals surface area contributed by atoms with Gasteiger partial charge in [0.25, 0.3) is 0 Å². The van der Waals surface area contributed by atoms with Crippen LogP contribution in [0.4, 0.5) is 8.78 Å². The number of Topliss-reactive ketones (excluding diaryl/α,β-unsaturated/α-hetero) is 2. The zero-order valence-corrected chi connectivity index (χ0v) is 13.9. The maximum absolute atomic E-state index is 14.1. The Morgan fingerprint density at radius 1 is 1.17 bits per heavy atom. The van der Waals surface area contributed by atoms with Crippen molar-refractivity contribution in [2.24, 2.45) is 0 Å². The minimum Gasteiger partial charge on any atom is -0.496 e. The fourth-order valence-corrected chi connectivity index (χ4v) is 2.55. The molecule has 2 aromatic carbocycles. The smallest absolute Gasteiger partial charge is 0.173 e. The number of carbonyl (C=O) groups is 2. The van der Waals surface area contributed by atoms with Gasteiger partial charge in [0.1, 0.15) is 23.2 Å². The Kier molecular flexibility index (Phi) is 5.67. The maximum atomic E-state index is 14.1. The minimum absolute atomic E-state index is 0.0264. The van der Waals surface area contributed by atoms with Crippen LogP contribution < -0.4 is 4.74 Å². The second-order valence-corrected chi connectivity index (χ2v) is 5.74. The summed E-state index contributed by atoms with van der Waals surface area (Å²) in [4.78, 5) is 23.1. The molecule has 0 saturated carbocycles. The molecular weight excluding hydrogens is 338 g/mol. The van der Waals surface area contributed by atoms with Crippen LogP contribution in [0.3, 0.4) is 0 Å². The van der Waals surface area contributed by atoms with Crippen LogP contribution in [0.1, 0.15) is 34.8 Å². The lowest BCUT2D eigenvalue weighted by Gasteiger charge is -2.12. The Labute approximate surface area is 143 Å². The van der Waals surface area contributed by atoms with E-state index in [2.05, 4.69) is 0 Å². The van der Waals surface area contributed by atoms with Gasteiger partial charge in [-0.1, -0.05) is 23.7 Å². The molecule has 6 heteroatoms. The van der Waals surface area contributed by atoms with Gasteiger partial charge in [0, 0.05) is 12.5 Å². The lowest BCUT2D eigenvalue weighted by Crippen LogP contribution is -2.09. The van der Waals surface area contributed by atoms with Gasteiger partial charge >= 0.3 is 0 Å². The summed E-state index contributed by atoms with van der Waals surface area (Å²) in [6.07, 6.45) is -0.329. The number of hydrogen-bond acceptors (Lipinski definition) is 3. The molecule has 0 heterocycles. The molecule has 0 amide bonds. The van der Waals surface area contributed by atoms with E-state index in [1.165, 1.54) is 26.2 Å². The van der Waals surface area contributed by atoms with Crippen molar-refractivity contribution in [1.29, 1.82) is 0 Å². The number of methoxy groups -OCH3 is 1. The molecule has 2 aromatic rings. The van der Waals surface area contributed by atoms with Crippen molar-refractivity contribution >= 4 is 23.2 Å². The number of carbonyl (C=O) groups excluding carboxylic acids is 2. The lowest BCUT2D eigenvalue weighted by molar-refractivity contribution is -0.116. The number of rotatable bonds is 6. The molecule has 0 aliphatic heterocycles. The molecule has 24 heavy (non-hydrogen) atoms. The highest BCUT2D eigenvalue weighted by Crippen LogP contribution is 2.28. The summed E-state index contributed by atoms with van der Waals surface area (Å²) in [5.41, 5.74) is 0.493. The quantitative estimate of drug-likeness (QED) is 0.572. The number of ketones is 2. The van der Waals surface area contributed by atoms with Crippen molar-refractivity contribution in [2.75, 3.05) is 7.11 Å². The van der Waals surface area contributed by atoms with E-state index in [0.717, 1.165) is 6.07 Å². The first-order valence-electron chi connectivity index (χ1n) is 7.15. The zero-order valence-electron chi connectivity index (χ0n) is 13.2. The molecule has 0 unspecified atom stereocenters. The Balaban J connectivity index is 2.46. The molecule has 0 fully saturated rings.